The first kappa shape index (κ1) is 10.7. The van der Waals surface area contributed by atoms with Crippen LogP contribution in [0.25, 0.3) is 0 Å². The Hall–Kier alpha value is -1.33. The molecule has 0 aliphatic rings. The number of nitrogens with zero attached hydrogens (tertiary/aromatic N) is 3. The van der Waals surface area contributed by atoms with E-state index in [1.165, 1.54) is 12.1 Å². The Labute approximate surface area is 90.5 Å². The summed E-state index contributed by atoms with van der Waals surface area (Å²) in [5.41, 5.74) is 10.9. The molecular weight excluding hydrogens is 225 g/mol. The van der Waals surface area contributed by atoms with E-state index in [4.69, 9.17) is 34.7 Å². The Kier molecular flexibility index (Phi) is 3.67. The van der Waals surface area contributed by atoms with Gasteiger partial charge in [-0.1, -0.05) is 23.2 Å². The number of halogens is 2. The third-order valence-corrected chi connectivity index (χ3v) is 1.59. The fourth-order valence-corrected chi connectivity index (χ4v) is 1.20. The number of hydrogen-bond acceptors (Lipinski definition) is 2. The Balaban J connectivity index is 3.02. The maximum atomic E-state index is 5.64. The number of rotatable bonds is 1. The molecule has 1 aromatic rings. The van der Waals surface area contributed by atoms with Crippen LogP contribution in [0.3, 0.4) is 0 Å². The number of pyridine rings is 1. The molecule has 74 valence electrons. The molecule has 0 aliphatic carbocycles. The zero-order chi connectivity index (χ0) is 10.6. The Morgan fingerprint density at radius 3 is 2.43 bits per heavy atom. The van der Waals surface area contributed by atoms with Crippen molar-refractivity contribution in [3.8, 4) is 0 Å². The fraction of sp³-hybridized carbons (Fsp3) is 0. The fourth-order valence-electron chi connectivity index (χ4n) is 0.754. The summed E-state index contributed by atoms with van der Waals surface area (Å²) in [6.07, 6.45) is 1.04. The first-order valence-electron chi connectivity index (χ1n) is 3.53. The second-order valence-electron chi connectivity index (χ2n) is 2.22. The molecule has 0 spiro atoms. The van der Waals surface area contributed by atoms with Gasteiger partial charge in [-0.3, -0.25) is 0 Å². The average Bonchev–Trinajstić information content (AvgIpc) is 2.01. The van der Waals surface area contributed by atoms with Crippen LogP contribution in [0.2, 0.25) is 10.3 Å². The zero-order valence-corrected chi connectivity index (χ0v) is 8.50. The molecule has 0 atom stereocenters. The molecule has 7 heteroatoms. The largest absolute Gasteiger partial charge is 0.390 e. The van der Waals surface area contributed by atoms with E-state index in [0.717, 1.165) is 6.34 Å². The molecule has 1 aromatic heterocycles. The van der Waals surface area contributed by atoms with Crippen LogP contribution in [0.15, 0.2) is 22.1 Å². The predicted octanol–water partition coefficient (Wildman–Crippen LogP) is 1.32. The quantitative estimate of drug-likeness (QED) is 0.434. The Bertz CT molecular complexity index is 367. The van der Waals surface area contributed by atoms with Gasteiger partial charge in [0.2, 0.25) is 5.96 Å². The molecule has 0 aromatic carbocycles. The molecule has 0 saturated carbocycles. The maximum Gasteiger partial charge on any atom is 0.221 e. The average molecular weight is 232 g/mol. The van der Waals surface area contributed by atoms with Gasteiger partial charge in [0.25, 0.3) is 0 Å². The highest BCUT2D eigenvalue weighted by Crippen LogP contribution is 2.20. The summed E-state index contributed by atoms with van der Waals surface area (Å²) < 4.78 is 0. The molecule has 4 N–H and O–H groups in total. The minimum atomic E-state index is 0.0193. The first-order valence-corrected chi connectivity index (χ1v) is 4.29. The van der Waals surface area contributed by atoms with E-state index in [-0.39, 0.29) is 16.3 Å². The maximum absolute atomic E-state index is 5.64. The van der Waals surface area contributed by atoms with Crippen LogP contribution in [0, 0.1) is 0 Å². The van der Waals surface area contributed by atoms with Crippen molar-refractivity contribution in [2.45, 2.75) is 0 Å². The molecule has 0 aliphatic heterocycles. The van der Waals surface area contributed by atoms with Gasteiger partial charge in [-0.15, -0.1) is 0 Å². The number of hydrogen-bond donors (Lipinski definition) is 2. The second-order valence-corrected chi connectivity index (χ2v) is 2.99. The molecule has 0 unspecified atom stereocenters. The number of nitrogens with two attached hydrogens (primary N) is 2. The van der Waals surface area contributed by atoms with Gasteiger partial charge in [0.15, 0.2) is 0 Å². The van der Waals surface area contributed by atoms with Crippen molar-refractivity contribution in [3.63, 3.8) is 0 Å². The highest BCUT2D eigenvalue weighted by atomic mass is 35.5. The lowest BCUT2D eigenvalue weighted by atomic mass is 10.4. The monoisotopic (exact) mass is 231 g/mol. The van der Waals surface area contributed by atoms with Crippen molar-refractivity contribution in [2.75, 3.05) is 0 Å². The second kappa shape index (κ2) is 4.78. The normalized spacial score (nSPS) is 12.3. The smallest absolute Gasteiger partial charge is 0.221 e. The topological polar surface area (TPSA) is 89.6 Å². The molecule has 0 fully saturated rings. The lowest BCUT2D eigenvalue weighted by Crippen LogP contribution is -2.09. The van der Waals surface area contributed by atoms with Gasteiger partial charge in [0.05, 0.1) is 12.0 Å². The summed E-state index contributed by atoms with van der Waals surface area (Å²) >= 11 is 11.3. The van der Waals surface area contributed by atoms with Gasteiger partial charge in [0.1, 0.15) is 10.3 Å². The molecule has 1 heterocycles. The van der Waals surface area contributed by atoms with Crippen LogP contribution >= 0.6 is 23.2 Å². The van der Waals surface area contributed by atoms with Crippen molar-refractivity contribution in [2.24, 2.45) is 21.5 Å². The van der Waals surface area contributed by atoms with Gasteiger partial charge < -0.3 is 11.5 Å². The van der Waals surface area contributed by atoms with E-state index >= 15 is 0 Å². The van der Waals surface area contributed by atoms with Gasteiger partial charge in [-0.2, -0.15) is 0 Å². The molecule has 14 heavy (non-hydrogen) atoms. The van der Waals surface area contributed by atoms with Crippen LogP contribution < -0.4 is 11.5 Å². The van der Waals surface area contributed by atoms with Crippen LogP contribution in [-0.4, -0.2) is 17.3 Å². The lowest BCUT2D eigenvalue weighted by molar-refractivity contribution is 1.30. The zero-order valence-electron chi connectivity index (χ0n) is 6.98. The van der Waals surface area contributed by atoms with Gasteiger partial charge >= 0.3 is 0 Å². The van der Waals surface area contributed by atoms with Crippen molar-refractivity contribution in [1.29, 1.82) is 0 Å². The van der Waals surface area contributed by atoms with E-state index in [1.54, 1.807) is 0 Å². The summed E-state index contributed by atoms with van der Waals surface area (Å²) in [7, 11) is 0. The molecule has 0 saturated heterocycles. The van der Waals surface area contributed by atoms with Crippen LogP contribution in [0.1, 0.15) is 0 Å². The Morgan fingerprint density at radius 2 is 1.93 bits per heavy atom. The molecular formula is C7H7Cl2N5. The van der Waals surface area contributed by atoms with Crippen molar-refractivity contribution in [3.05, 3.63) is 22.4 Å². The number of aliphatic imine (C=N–C) groups is 2. The van der Waals surface area contributed by atoms with E-state index < -0.39 is 0 Å². The molecule has 5 nitrogen and oxygen atoms in total. The standard InChI is InChI=1S/C7H7Cl2N5/c8-5-1-4(2-6(9)14-5)13-7(11)12-3-10/h1-3H,(H4,10,11,12,13,14). The molecule has 0 radical (unpaired) electrons. The number of aromatic nitrogens is 1. The molecule has 0 bridgehead atoms. The minimum absolute atomic E-state index is 0.0193. The Morgan fingerprint density at radius 1 is 1.36 bits per heavy atom. The van der Waals surface area contributed by atoms with Gasteiger partial charge in [0, 0.05) is 12.1 Å². The van der Waals surface area contributed by atoms with Crippen LogP contribution in [0.5, 0.6) is 0 Å². The summed E-state index contributed by atoms with van der Waals surface area (Å²) in [5.74, 6) is 0.0193. The van der Waals surface area contributed by atoms with E-state index in [1.807, 2.05) is 0 Å². The SMILES string of the molecule is N/C=N\C(N)=Nc1cc(Cl)nc(Cl)c1. The third-order valence-electron chi connectivity index (χ3n) is 1.20. The summed E-state index contributed by atoms with van der Waals surface area (Å²) in [5, 5.41) is 0.474. The van der Waals surface area contributed by atoms with Crippen LogP contribution in [-0.2, 0) is 0 Å². The van der Waals surface area contributed by atoms with E-state index in [0.29, 0.717) is 5.69 Å². The van der Waals surface area contributed by atoms with Gasteiger partial charge in [-0.25, -0.2) is 15.0 Å². The molecule has 0 amide bonds. The van der Waals surface area contributed by atoms with Crippen LogP contribution in [0.4, 0.5) is 5.69 Å². The summed E-state index contributed by atoms with van der Waals surface area (Å²) in [4.78, 5) is 11.2. The minimum Gasteiger partial charge on any atom is -0.390 e. The van der Waals surface area contributed by atoms with Crippen molar-refractivity contribution >= 4 is 41.2 Å². The highest BCUT2D eigenvalue weighted by Gasteiger charge is 1.98. The lowest BCUT2D eigenvalue weighted by Gasteiger charge is -1.96. The number of guanidine groups is 1. The van der Waals surface area contributed by atoms with E-state index in [2.05, 4.69) is 15.0 Å². The van der Waals surface area contributed by atoms with E-state index in [9.17, 15) is 0 Å². The first-order chi connectivity index (χ1) is 6.61. The van der Waals surface area contributed by atoms with Gasteiger partial charge in [-0.05, 0) is 0 Å². The highest BCUT2D eigenvalue weighted by molar-refractivity contribution is 6.32. The molecule has 1 rings (SSSR count). The third kappa shape index (κ3) is 3.20. The predicted molar refractivity (Wildman–Crippen MR) is 58.2 cm³/mol. The van der Waals surface area contributed by atoms with Crippen molar-refractivity contribution < 1.29 is 0 Å². The van der Waals surface area contributed by atoms with Crippen molar-refractivity contribution in [1.82, 2.24) is 4.98 Å². The summed E-state index contributed by atoms with van der Waals surface area (Å²) in [6.45, 7) is 0. The summed E-state index contributed by atoms with van der Waals surface area (Å²) in [6, 6.07) is 3.01.